The van der Waals surface area contributed by atoms with Crippen molar-refractivity contribution in [2.45, 2.75) is 52.7 Å². The van der Waals surface area contributed by atoms with Crippen molar-refractivity contribution in [3.05, 3.63) is 54.3 Å². The van der Waals surface area contributed by atoms with E-state index >= 15 is 0 Å². The summed E-state index contributed by atoms with van der Waals surface area (Å²) in [5.41, 5.74) is 2.44. The maximum Gasteiger partial charge on any atom is 0.326 e. The lowest BCUT2D eigenvalue weighted by atomic mass is 9.75. The highest BCUT2D eigenvalue weighted by atomic mass is 19.1. The maximum absolute atomic E-state index is 13.4. The molecule has 1 aliphatic carbocycles. The number of para-hydroxylation sites is 2. The number of ether oxygens (including phenoxy) is 1. The Hall–Kier alpha value is -2.69. The molecule has 4 rings (SSSR count). The summed E-state index contributed by atoms with van der Waals surface area (Å²) in [5, 5.41) is 0. The summed E-state index contributed by atoms with van der Waals surface area (Å²) in [6.07, 6.45) is 3.18. The van der Waals surface area contributed by atoms with Crippen LogP contribution in [-0.4, -0.2) is 21.6 Å². The van der Waals surface area contributed by atoms with Gasteiger partial charge in [0.2, 0.25) is 0 Å². The van der Waals surface area contributed by atoms with Crippen LogP contribution >= 0.6 is 0 Å². The van der Waals surface area contributed by atoms with Crippen molar-refractivity contribution in [1.29, 1.82) is 0 Å². The van der Waals surface area contributed by atoms with Crippen LogP contribution in [0, 0.1) is 23.6 Å². The number of carbonyl (C=O) groups is 1. The lowest BCUT2D eigenvalue weighted by Gasteiger charge is -2.36. The van der Waals surface area contributed by atoms with Gasteiger partial charge in [-0.15, -0.1) is 0 Å². The molecule has 1 saturated carbocycles. The fourth-order valence-corrected chi connectivity index (χ4v) is 4.64. The number of halogens is 1. The summed E-state index contributed by atoms with van der Waals surface area (Å²) >= 11 is 0. The van der Waals surface area contributed by atoms with E-state index in [1.54, 1.807) is 12.1 Å². The van der Waals surface area contributed by atoms with E-state index in [1.165, 1.54) is 18.6 Å². The first-order chi connectivity index (χ1) is 14.4. The van der Waals surface area contributed by atoms with Gasteiger partial charge >= 0.3 is 5.97 Å². The van der Waals surface area contributed by atoms with Crippen LogP contribution in [0.1, 0.15) is 40.0 Å². The van der Waals surface area contributed by atoms with Gasteiger partial charge in [0.05, 0.1) is 11.0 Å². The van der Waals surface area contributed by atoms with E-state index in [4.69, 9.17) is 9.72 Å². The molecule has 4 nitrogen and oxygen atoms in total. The molecule has 0 amide bonds. The second-order valence-electron chi connectivity index (χ2n) is 8.87. The highest BCUT2D eigenvalue weighted by molar-refractivity contribution is 5.83. The molecule has 158 valence electrons. The van der Waals surface area contributed by atoms with E-state index < -0.39 is 0 Å². The number of carbonyl (C=O) groups excluding carboxylic acids is 1. The van der Waals surface area contributed by atoms with Gasteiger partial charge in [0.15, 0.2) is 0 Å². The molecule has 5 heteroatoms. The fourth-order valence-electron chi connectivity index (χ4n) is 4.64. The maximum atomic E-state index is 13.4. The highest BCUT2D eigenvalue weighted by Gasteiger charge is 2.33. The summed E-state index contributed by atoms with van der Waals surface area (Å²) in [4.78, 5) is 17.7. The van der Waals surface area contributed by atoms with Gasteiger partial charge in [-0.3, -0.25) is 4.79 Å². The molecule has 1 fully saturated rings. The fraction of sp³-hybridized carbons (Fsp3) is 0.440. The second kappa shape index (κ2) is 8.58. The van der Waals surface area contributed by atoms with Gasteiger partial charge in [-0.05, 0) is 67.0 Å². The Morgan fingerprint density at radius 3 is 2.63 bits per heavy atom. The quantitative estimate of drug-likeness (QED) is 0.498. The molecule has 1 aliphatic rings. The molecule has 1 aromatic heterocycles. The minimum atomic E-state index is -0.299. The summed E-state index contributed by atoms with van der Waals surface area (Å²) in [6.45, 7) is 6.73. The summed E-state index contributed by atoms with van der Waals surface area (Å²) in [6, 6.07) is 13.9. The number of rotatable bonds is 5. The molecule has 0 spiro atoms. The van der Waals surface area contributed by atoms with Crippen LogP contribution < -0.4 is 0 Å². The average molecular weight is 409 g/mol. The smallest absolute Gasteiger partial charge is 0.326 e. The molecule has 3 unspecified atom stereocenters. The third-order valence-electron chi connectivity index (χ3n) is 6.29. The molecule has 30 heavy (non-hydrogen) atoms. The molecule has 0 saturated heterocycles. The lowest BCUT2D eigenvalue weighted by molar-refractivity contribution is -0.156. The van der Waals surface area contributed by atoms with E-state index in [0.29, 0.717) is 23.6 Å². The molecule has 3 aromatic rings. The number of esters is 1. The van der Waals surface area contributed by atoms with Crippen LogP contribution in [0.3, 0.4) is 0 Å². The minimum absolute atomic E-state index is 0.0368. The van der Waals surface area contributed by atoms with E-state index in [0.717, 1.165) is 29.4 Å². The Morgan fingerprint density at radius 2 is 1.90 bits per heavy atom. The van der Waals surface area contributed by atoms with Gasteiger partial charge in [0, 0.05) is 5.56 Å². The lowest BCUT2D eigenvalue weighted by Crippen LogP contribution is -2.36. The van der Waals surface area contributed by atoms with E-state index in [1.807, 2.05) is 28.8 Å². The zero-order valence-corrected chi connectivity index (χ0v) is 17.8. The van der Waals surface area contributed by atoms with Crippen molar-refractivity contribution in [3.8, 4) is 11.4 Å². The Labute approximate surface area is 177 Å². The number of aromatic nitrogens is 2. The first-order valence-corrected chi connectivity index (χ1v) is 10.8. The zero-order valence-electron chi connectivity index (χ0n) is 17.8. The molecule has 0 bridgehead atoms. The molecule has 0 radical (unpaired) electrons. The summed E-state index contributed by atoms with van der Waals surface area (Å²) in [7, 11) is 0. The average Bonchev–Trinajstić information content (AvgIpc) is 3.07. The Morgan fingerprint density at radius 1 is 1.17 bits per heavy atom. The van der Waals surface area contributed by atoms with Crippen molar-refractivity contribution in [2.75, 3.05) is 0 Å². The molecule has 1 heterocycles. The molecule has 3 atom stereocenters. The first kappa shape index (κ1) is 20.6. The van der Waals surface area contributed by atoms with E-state index in [-0.39, 0.29) is 24.4 Å². The monoisotopic (exact) mass is 408 g/mol. The van der Waals surface area contributed by atoms with Crippen molar-refractivity contribution >= 4 is 17.0 Å². The summed E-state index contributed by atoms with van der Waals surface area (Å²) < 4.78 is 21.3. The van der Waals surface area contributed by atoms with Gasteiger partial charge in [-0.25, -0.2) is 9.37 Å². The van der Waals surface area contributed by atoms with Crippen molar-refractivity contribution in [2.24, 2.45) is 17.8 Å². The molecular formula is C25H29FN2O2. The molecule has 2 aromatic carbocycles. The number of imidazole rings is 1. The van der Waals surface area contributed by atoms with E-state index in [9.17, 15) is 9.18 Å². The number of benzene rings is 2. The first-order valence-electron chi connectivity index (χ1n) is 10.8. The van der Waals surface area contributed by atoms with Crippen LogP contribution in [0.4, 0.5) is 4.39 Å². The normalized spacial score (nSPS) is 21.8. The van der Waals surface area contributed by atoms with Crippen LogP contribution in [-0.2, 0) is 16.1 Å². The van der Waals surface area contributed by atoms with Gasteiger partial charge in [-0.2, -0.15) is 0 Å². The van der Waals surface area contributed by atoms with Crippen molar-refractivity contribution in [3.63, 3.8) is 0 Å². The SMILES string of the molecule is CC1CCC(C(C)C)C(OC(=O)Cn2c(-c3ccc(F)cc3)nc3ccccc32)C1. The molecule has 0 aliphatic heterocycles. The highest BCUT2D eigenvalue weighted by Crippen LogP contribution is 2.35. The topological polar surface area (TPSA) is 44.1 Å². The second-order valence-corrected chi connectivity index (χ2v) is 8.87. The third kappa shape index (κ3) is 4.25. The number of hydrogen-bond acceptors (Lipinski definition) is 3. The van der Waals surface area contributed by atoms with Crippen LogP contribution in [0.2, 0.25) is 0 Å². The standard InChI is InChI=1S/C25H29FN2O2/c1-16(2)20-13-8-17(3)14-23(20)30-24(29)15-28-22-7-5-4-6-21(22)27-25(28)18-9-11-19(26)12-10-18/h4-7,9-12,16-17,20,23H,8,13-15H2,1-3H3. The zero-order chi connectivity index (χ0) is 21.3. The van der Waals surface area contributed by atoms with Crippen LogP contribution in [0.25, 0.3) is 22.4 Å². The predicted octanol–water partition coefficient (Wildman–Crippen LogP) is 5.85. The largest absolute Gasteiger partial charge is 0.461 e. The Kier molecular flexibility index (Phi) is 5.89. The summed E-state index contributed by atoms with van der Waals surface area (Å²) in [5.74, 6) is 1.56. The van der Waals surface area contributed by atoms with Gasteiger partial charge in [0.1, 0.15) is 24.3 Å². The Balaban J connectivity index is 1.62. The number of hydrogen-bond donors (Lipinski definition) is 0. The van der Waals surface area contributed by atoms with Gasteiger partial charge in [0.25, 0.3) is 0 Å². The predicted molar refractivity (Wildman–Crippen MR) is 116 cm³/mol. The third-order valence-corrected chi connectivity index (χ3v) is 6.29. The van der Waals surface area contributed by atoms with Crippen LogP contribution in [0.15, 0.2) is 48.5 Å². The molecule has 0 N–H and O–H groups in total. The van der Waals surface area contributed by atoms with E-state index in [2.05, 4.69) is 20.8 Å². The van der Waals surface area contributed by atoms with Crippen molar-refractivity contribution < 1.29 is 13.9 Å². The molecular weight excluding hydrogens is 379 g/mol. The minimum Gasteiger partial charge on any atom is -0.461 e. The number of nitrogens with zero attached hydrogens (tertiary/aromatic N) is 2. The van der Waals surface area contributed by atoms with Crippen molar-refractivity contribution in [1.82, 2.24) is 9.55 Å². The van der Waals surface area contributed by atoms with Gasteiger partial charge < -0.3 is 9.30 Å². The number of fused-ring (bicyclic) bond motifs is 1. The van der Waals surface area contributed by atoms with Crippen LogP contribution in [0.5, 0.6) is 0 Å². The van der Waals surface area contributed by atoms with Gasteiger partial charge in [-0.1, -0.05) is 39.3 Å². The Bertz CT molecular complexity index is 1030.